The van der Waals surface area contributed by atoms with Crippen molar-refractivity contribution in [1.82, 2.24) is 0 Å². The number of allylic oxidation sites excluding steroid dienone is 16. The molecule has 0 heterocycles. The number of hydrogen-bond donors (Lipinski definition) is 1. The third-order valence-corrected chi connectivity index (χ3v) is 12.3. The number of esters is 2. The van der Waals surface area contributed by atoms with Crippen LogP contribution >= 0.6 is 0 Å². The molecule has 0 saturated heterocycles. The van der Waals surface area contributed by atoms with E-state index in [4.69, 9.17) is 18.9 Å². The molecule has 0 radical (unpaired) electrons. The van der Waals surface area contributed by atoms with Gasteiger partial charge in [-0.1, -0.05) is 220 Å². The number of likely N-dealkylation sites (N-methyl/N-ethyl adjacent to an activating group) is 1. The van der Waals surface area contributed by atoms with Crippen molar-refractivity contribution in [3.8, 4) is 0 Å². The number of carbonyl (C=O) groups excluding carboxylic acids is 2. The Bertz CT molecular complexity index is 1520. The van der Waals surface area contributed by atoms with Crippen molar-refractivity contribution in [3.63, 3.8) is 0 Å². The van der Waals surface area contributed by atoms with Crippen LogP contribution in [0.1, 0.15) is 232 Å². The quantitative estimate of drug-likeness (QED) is 0.0211. The Morgan fingerprint density at radius 3 is 1.18 bits per heavy atom. The molecule has 0 amide bonds. The Morgan fingerprint density at radius 1 is 0.425 bits per heavy atom. The number of carbonyl (C=O) groups is 3. The van der Waals surface area contributed by atoms with E-state index in [9.17, 15) is 19.5 Å². The van der Waals surface area contributed by atoms with Crippen LogP contribution in [0.2, 0.25) is 0 Å². The van der Waals surface area contributed by atoms with Gasteiger partial charge >= 0.3 is 17.9 Å². The molecule has 73 heavy (non-hydrogen) atoms. The zero-order valence-corrected chi connectivity index (χ0v) is 47.5. The topological polar surface area (TPSA) is 108 Å². The van der Waals surface area contributed by atoms with Crippen LogP contribution in [0.3, 0.4) is 0 Å². The van der Waals surface area contributed by atoms with Crippen LogP contribution in [-0.2, 0) is 33.3 Å². The van der Waals surface area contributed by atoms with Crippen LogP contribution in [0.25, 0.3) is 0 Å². The number of aliphatic carboxylic acids is 1. The molecule has 0 aliphatic carbocycles. The lowest BCUT2D eigenvalue weighted by atomic mass is 10.1. The third kappa shape index (κ3) is 55.8. The lowest BCUT2D eigenvalue weighted by Gasteiger charge is -2.25. The second kappa shape index (κ2) is 54.5. The summed E-state index contributed by atoms with van der Waals surface area (Å²) in [5.74, 6) is -2.02. The number of unbranched alkanes of at least 4 members (excludes halogenated alkanes) is 22. The van der Waals surface area contributed by atoms with E-state index in [2.05, 4.69) is 111 Å². The molecule has 0 aromatic heterocycles. The van der Waals surface area contributed by atoms with Crippen molar-refractivity contribution in [2.75, 3.05) is 47.5 Å². The van der Waals surface area contributed by atoms with Gasteiger partial charge in [-0.3, -0.25) is 9.59 Å². The lowest BCUT2D eigenvalue weighted by Crippen LogP contribution is -2.40. The van der Waals surface area contributed by atoms with Crippen LogP contribution in [-0.4, -0.2) is 87.4 Å². The van der Waals surface area contributed by atoms with Gasteiger partial charge in [-0.05, 0) is 96.3 Å². The minimum atomic E-state index is -1.52. The standard InChI is InChI=1S/C64H109NO8/c1-6-8-10-12-14-16-18-20-22-24-25-26-27-28-29-30-31-32-33-34-35-36-37-39-41-43-45-47-49-51-53-55-62(67)73-60(59-72-64(63(68)69)70-57-56-65(3,4)5)58-71-61(66)54-52-50-48-46-44-42-40-38-23-21-19-17-15-13-11-9-7-2/h8,10,14,16,20-23,25-26,28-29,31-32,34-35,60,64H,6-7,9,11-13,15,17-19,24,27,30,33,36-59H2,1-5H3/p+1/b10-8-,16-14-,22-20-,23-21-,26-25-,29-28-,32-31-,35-34-. The van der Waals surface area contributed by atoms with Crippen molar-refractivity contribution in [2.24, 2.45) is 0 Å². The van der Waals surface area contributed by atoms with Crippen LogP contribution in [0.15, 0.2) is 97.2 Å². The van der Waals surface area contributed by atoms with Crippen molar-refractivity contribution < 1.29 is 42.9 Å². The maximum Gasteiger partial charge on any atom is 0.361 e. The molecule has 9 heteroatoms. The number of carboxylic acids is 1. The maximum atomic E-state index is 12.9. The molecule has 0 rings (SSSR count). The summed E-state index contributed by atoms with van der Waals surface area (Å²) >= 11 is 0. The fourth-order valence-electron chi connectivity index (χ4n) is 7.81. The number of hydrogen-bond acceptors (Lipinski definition) is 7. The fraction of sp³-hybridized carbons (Fsp3) is 0.703. The second-order valence-electron chi connectivity index (χ2n) is 20.6. The molecule has 0 aliphatic heterocycles. The number of ether oxygens (including phenoxy) is 4. The molecular formula is C64H110NO8+. The highest BCUT2D eigenvalue weighted by Gasteiger charge is 2.25. The minimum Gasteiger partial charge on any atom is -0.477 e. The molecular weight excluding hydrogens is 911 g/mol. The fourth-order valence-corrected chi connectivity index (χ4v) is 7.81. The smallest absolute Gasteiger partial charge is 0.361 e. The first-order valence-electron chi connectivity index (χ1n) is 29.4. The molecule has 1 N–H and O–H groups in total. The van der Waals surface area contributed by atoms with Gasteiger partial charge in [0, 0.05) is 12.8 Å². The molecule has 0 saturated carbocycles. The molecule has 2 atom stereocenters. The van der Waals surface area contributed by atoms with Gasteiger partial charge in [0.15, 0.2) is 6.10 Å². The Balaban J connectivity index is 4.25. The molecule has 0 aromatic rings. The van der Waals surface area contributed by atoms with Crippen molar-refractivity contribution in [1.29, 1.82) is 0 Å². The Labute approximate surface area is 448 Å². The normalized spacial score (nSPS) is 13.5. The molecule has 9 nitrogen and oxygen atoms in total. The molecule has 0 aromatic carbocycles. The highest BCUT2D eigenvalue weighted by atomic mass is 16.7. The lowest BCUT2D eigenvalue weighted by molar-refractivity contribution is -0.870. The highest BCUT2D eigenvalue weighted by molar-refractivity contribution is 5.71. The predicted molar refractivity (Wildman–Crippen MR) is 309 cm³/mol. The van der Waals surface area contributed by atoms with Gasteiger partial charge < -0.3 is 28.5 Å². The predicted octanol–water partition coefficient (Wildman–Crippen LogP) is 17.3. The highest BCUT2D eigenvalue weighted by Crippen LogP contribution is 2.15. The van der Waals surface area contributed by atoms with Gasteiger partial charge in [0.05, 0.1) is 34.4 Å². The Hall–Kier alpha value is -3.79. The molecule has 0 bridgehead atoms. The molecule has 0 spiro atoms. The minimum absolute atomic E-state index is 0.182. The maximum absolute atomic E-state index is 12.9. The zero-order valence-electron chi connectivity index (χ0n) is 47.5. The van der Waals surface area contributed by atoms with E-state index in [1.807, 2.05) is 21.1 Å². The van der Waals surface area contributed by atoms with Gasteiger partial charge in [0.25, 0.3) is 6.29 Å². The second-order valence-corrected chi connectivity index (χ2v) is 20.6. The number of nitrogens with zero attached hydrogens (tertiary/aromatic N) is 1. The van der Waals surface area contributed by atoms with E-state index in [-0.39, 0.29) is 32.2 Å². The van der Waals surface area contributed by atoms with E-state index in [0.717, 1.165) is 96.3 Å². The SMILES string of the molecule is CC/C=C\C/C=C\C/C=C\C/C=C\C/C=C\C/C=C\C/C=C\CCCCCCCCCCCC(=O)OC(COC(=O)CCCCCCCCC/C=C\CCCCCCCC)COC(OCC[N+](C)(C)C)C(=O)O. The molecule has 2 unspecified atom stereocenters. The first-order valence-corrected chi connectivity index (χ1v) is 29.4. The first-order chi connectivity index (χ1) is 35.6. The summed E-state index contributed by atoms with van der Waals surface area (Å²) in [6.07, 6.45) is 70.5. The Kier molecular flexibility index (Phi) is 51.6. The summed E-state index contributed by atoms with van der Waals surface area (Å²) < 4.78 is 22.9. The van der Waals surface area contributed by atoms with Crippen molar-refractivity contribution >= 4 is 17.9 Å². The summed E-state index contributed by atoms with van der Waals surface area (Å²) in [5, 5.41) is 9.70. The zero-order chi connectivity index (χ0) is 53.4. The molecule has 0 fully saturated rings. The third-order valence-electron chi connectivity index (χ3n) is 12.3. The summed E-state index contributed by atoms with van der Waals surface area (Å²) in [7, 11) is 5.96. The van der Waals surface area contributed by atoms with E-state index < -0.39 is 24.3 Å². The number of rotatable bonds is 53. The first kappa shape index (κ1) is 69.2. The summed E-state index contributed by atoms with van der Waals surface area (Å²) in [6, 6.07) is 0. The van der Waals surface area contributed by atoms with Gasteiger partial charge in [0.2, 0.25) is 0 Å². The van der Waals surface area contributed by atoms with E-state index in [0.29, 0.717) is 23.9 Å². The van der Waals surface area contributed by atoms with E-state index in [1.165, 1.54) is 103 Å². The van der Waals surface area contributed by atoms with E-state index >= 15 is 0 Å². The van der Waals surface area contributed by atoms with Gasteiger partial charge in [0.1, 0.15) is 13.2 Å². The molecule has 0 aliphatic rings. The monoisotopic (exact) mass is 1020 g/mol. The average molecular weight is 1020 g/mol. The largest absolute Gasteiger partial charge is 0.477 e. The van der Waals surface area contributed by atoms with Gasteiger partial charge in [-0.25, -0.2) is 4.79 Å². The van der Waals surface area contributed by atoms with Crippen molar-refractivity contribution in [2.45, 2.75) is 245 Å². The van der Waals surface area contributed by atoms with E-state index in [1.54, 1.807) is 0 Å². The summed E-state index contributed by atoms with van der Waals surface area (Å²) in [6.45, 7) is 4.75. The van der Waals surface area contributed by atoms with Gasteiger partial charge in [-0.2, -0.15) is 0 Å². The van der Waals surface area contributed by atoms with Gasteiger partial charge in [-0.15, -0.1) is 0 Å². The Morgan fingerprint density at radius 2 is 0.781 bits per heavy atom. The summed E-state index contributed by atoms with van der Waals surface area (Å²) in [4.78, 5) is 37.4. The average Bonchev–Trinajstić information content (AvgIpc) is 3.36. The molecule has 418 valence electrons. The summed E-state index contributed by atoms with van der Waals surface area (Å²) in [5.41, 5.74) is 0. The van der Waals surface area contributed by atoms with Crippen molar-refractivity contribution in [3.05, 3.63) is 97.2 Å². The van der Waals surface area contributed by atoms with Crippen LogP contribution < -0.4 is 0 Å². The number of quaternary nitrogens is 1. The van der Waals surface area contributed by atoms with Crippen LogP contribution in [0, 0.1) is 0 Å². The van der Waals surface area contributed by atoms with Crippen LogP contribution in [0.4, 0.5) is 0 Å². The van der Waals surface area contributed by atoms with Crippen LogP contribution in [0.5, 0.6) is 0 Å². The number of carboxylic acid groups (broad SMARTS) is 1.